The Morgan fingerprint density at radius 2 is 2.24 bits per heavy atom. The van der Waals surface area contributed by atoms with Gasteiger partial charge < -0.3 is 4.74 Å². The van der Waals surface area contributed by atoms with Crippen molar-refractivity contribution in [1.29, 1.82) is 0 Å². The minimum atomic E-state index is -2.75. The third-order valence-electron chi connectivity index (χ3n) is 2.07. The quantitative estimate of drug-likeness (QED) is 0.484. The topological polar surface area (TPSA) is 39.2 Å². The number of nitrogens with zero attached hydrogens (tertiary/aromatic N) is 1. The number of hydrogen-bond acceptors (Lipinski definition) is 3. The number of methoxy groups -OCH3 is 1. The molecule has 0 aliphatic rings. The molecule has 17 heavy (non-hydrogen) atoms. The molecular weight excluding hydrogens is 275 g/mol. The van der Waals surface area contributed by atoms with Gasteiger partial charge in [-0.05, 0) is 11.6 Å². The molecule has 1 heterocycles. The lowest BCUT2D eigenvalue weighted by atomic mass is 10.1. The fourth-order valence-corrected chi connectivity index (χ4v) is 1.81. The van der Waals surface area contributed by atoms with E-state index in [0.717, 1.165) is 0 Å². The van der Waals surface area contributed by atoms with E-state index in [1.165, 1.54) is 13.2 Å². The third kappa shape index (κ3) is 3.51. The van der Waals surface area contributed by atoms with Crippen molar-refractivity contribution in [2.45, 2.75) is 18.7 Å². The number of ether oxygens (including phenoxy) is 1. The zero-order valence-electron chi connectivity index (χ0n) is 8.84. The Kier molecular flexibility index (Phi) is 5.08. The summed E-state index contributed by atoms with van der Waals surface area (Å²) in [7, 11) is 1.22. The third-order valence-corrected chi connectivity index (χ3v) is 2.64. The van der Waals surface area contributed by atoms with Crippen LogP contribution < -0.4 is 0 Å². The lowest BCUT2D eigenvalue weighted by molar-refractivity contribution is -0.139. The molecule has 0 saturated heterocycles. The molecule has 0 amide bonds. The van der Waals surface area contributed by atoms with Crippen molar-refractivity contribution in [3.8, 4) is 0 Å². The molecule has 0 bridgehead atoms. The summed E-state index contributed by atoms with van der Waals surface area (Å²) in [6, 6.07) is 1.33. The summed E-state index contributed by atoms with van der Waals surface area (Å²) in [6.07, 6.45) is -2.89. The highest BCUT2D eigenvalue weighted by Gasteiger charge is 2.20. The minimum Gasteiger partial charge on any atom is -0.469 e. The molecule has 0 aliphatic heterocycles. The van der Waals surface area contributed by atoms with Gasteiger partial charge in [-0.25, -0.2) is 13.8 Å². The van der Waals surface area contributed by atoms with Gasteiger partial charge in [0.25, 0.3) is 6.43 Å². The number of pyridine rings is 1. The Bertz CT molecular complexity index is 427. The summed E-state index contributed by atoms with van der Waals surface area (Å²) in [4.78, 5) is 14.7. The first kappa shape index (κ1) is 14.1. The Balaban J connectivity index is 3.13. The van der Waals surface area contributed by atoms with Crippen molar-refractivity contribution in [2.75, 3.05) is 7.11 Å². The van der Waals surface area contributed by atoms with Crippen molar-refractivity contribution in [3.05, 3.63) is 28.0 Å². The molecule has 0 saturated carbocycles. The second-order valence-electron chi connectivity index (χ2n) is 3.16. The average Bonchev–Trinajstić information content (AvgIpc) is 2.27. The predicted octanol–water partition coefficient (Wildman–Crippen LogP) is 3.13. The summed E-state index contributed by atoms with van der Waals surface area (Å²) in [5.74, 6) is -0.658. The first-order chi connectivity index (χ1) is 7.99. The molecule has 0 radical (unpaired) electrons. The molecule has 1 rings (SSSR count). The number of aromatic nitrogens is 1. The predicted molar refractivity (Wildman–Crippen MR) is 59.5 cm³/mol. The molecule has 7 heteroatoms. The number of esters is 1. The van der Waals surface area contributed by atoms with E-state index < -0.39 is 18.0 Å². The van der Waals surface area contributed by atoms with Gasteiger partial charge in [0.1, 0.15) is 5.15 Å². The number of carbonyl (C=O) groups is 1. The van der Waals surface area contributed by atoms with Crippen LogP contribution in [0.1, 0.15) is 23.2 Å². The number of alkyl halides is 3. The molecular formula is C10H9Cl2F2NO2. The van der Waals surface area contributed by atoms with Crippen molar-refractivity contribution in [1.82, 2.24) is 4.98 Å². The van der Waals surface area contributed by atoms with Gasteiger partial charge >= 0.3 is 5.97 Å². The molecule has 1 aromatic rings. The summed E-state index contributed by atoms with van der Waals surface area (Å²) in [5, 5.41) is -0.336. The van der Waals surface area contributed by atoms with Crippen LogP contribution in [0.25, 0.3) is 0 Å². The molecule has 1 aromatic heterocycles. The monoisotopic (exact) mass is 283 g/mol. The maximum atomic E-state index is 12.7. The van der Waals surface area contributed by atoms with E-state index in [1.807, 2.05) is 0 Å². The van der Waals surface area contributed by atoms with Crippen LogP contribution in [-0.2, 0) is 21.8 Å². The zero-order chi connectivity index (χ0) is 13.0. The largest absolute Gasteiger partial charge is 0.469 e. The van der Waals surface area contributed by atoms with E-state index in [2.05, 4.69) is 9.72 Å². The number of rotatable bonds is 4. The molecule has 94 valence electrons. The Labute approximate surface area is 107 Å². The highest BCUT2D eigenvalue weighted by Crippen LogP contribution is 2.30. The molecule has 0 unspecified atom stereocenters. The lowest BCUT2D eigenvalue weighted by Crippen LogP contribution is -2.08. The molecule has 0 aliphatic carbocycles. The van der Waals surface area contributed by atoms with Gasteiger partial charge in [0.15, 0.2) is 0 Å². The Morgan fingerprint density at radius 1 is 1.59 bits per heavy atom. The van der Waals surface area contributed by atoms with E-state index >= 15 is 0 Å². The first-order valence-electron chi connectivity index (χ1n) is 4.58. The highest BCUT2D eigenvalue weighted by atomic mass is 35.5. The Hall–Kier alpha value is -0.940. The van der Waals surface area contributed by atoms with Crippen LogP contribution in [0.4, 0.5) is 8.78 Å². The number of halogens is 4. The lowest BCUT2D eigenvalue weighted by Gasteiger charge is -2.10. The van der Waals surface area contributed by atoms with Gasteiger partial charge in [0, 0.05) is 5.88 Å². The normalized spacial score (nSPS) is 10.7. The van der Waals surface area contributed by atoms with Crippen molar-refractivity contribution in [3.63, 3.8) is 0 Å². The SMILES string of the molecule is COC(=O)Cc1cc(CCl)c(C(F)F)c(Cl)n1. The fraction of sp³-hybridized carbons (Fsp3) is 0.400. The van der Waals surface area contributed by atoms with Gasteiger partial charge in [-0.15, -0.1) is 11.6 Å². The molecule has 0 spiro atoms. The zero-order valence-corrected chi connectivity index (χ0v) is 10.4. The van der Waals surface area contributed by atoms with Crippen LogP contribution >= 0.6 is 23.2 Å². The molecule has 0 N–H and O–H groups in total. The van der Waals surface area contributed by atoms with Crippen LogP contribution in [0.3, 0.4) is 0 Å². The van der Waals surface area contributed by atoms with E-state index in [1.54, 1.807) is 0 Å². The Morgan fingerprint density at radius 3 is 2.71 bits per heavy atom. The van der Waals surface area contributed by atoms with Crippen LogP contribution in [-0.4, -0.2) is 18.1 Å². The van der Waals surface area contributed by atoms with Crippen LogP contribution in [0.5, 0.6) is 0 Å². The maximum Gasteiger partial charge on any atom is 0.311 e. The van der Waals surface area contributed by atoms with Gasteiger partial charge in [-0.1, -0.05) is 11.6 Å². The number of hydrogen-bond donors (Lipinski definition) is 0. The summed E-state index contributed by atoms with van der Waals surface area (Å²) in [5.41, 5.74) is 0.0257. The van der Waals surface area contributed by atoms with Crippen LogP contribution in [0.15, 0.2) is 6.07 Å². The second-order valence-corrected chi connectivity index (χ2v) is 3.79. The summed E-state index contributed by atoms with van der Waals surface area (Å²) in [6.45, 7) is 0. The minimum absolute atomic E-state index is 0.129. The van der Waals surface area contributed by atoms with Gasteiger partial charge in [-0.3, -0.25) is 4.79 Å². The van der Waals surface area contributed by atoms with Crippen LogP contribution in [0, 0.1) is 0 Å². The van der Waals surface area contributed by atoms with Crippen molar-refractivity contribution < 1.29 is 18.3 Å². The van der Waals surface area contributed by atoms with E-state index in [-0.39, 0.29) is 28.7 Å². The van der Waals surface area contributed by atoms with E-state index in [0.29, 0.717) is 0 Å². The standard InChI is InChI=1S/C10H9Cl2F2NO2/c1-17-7(16)3-6-2-5(4-11)8(10(13)14)9(12)15-6/h2,10H,3-4H2,1H3. The summed E-state index contributed by atoms with van der Waals surface area (Å²) < 4.78 is 29.8. The van der Waals surface area contributed by atoms with Gasteiger partial charge in [-0.2, -0.15) is 0 Å². The second kappa shape index (κ2) is 6.12. The van der Waals surface area contributed by atoms with Gasteiger partial charge in [0.05, 0.1) is 24.8 Å². The average molecular weight is 284 g/mol. The fourth-order valence-electron chi connectivity index (χ4n) is 1.28. The summed E-state index contributed by atoms with van der Waals surface area (Å²) >= 11 is 11.2. The van der Waals surface area contributed by atoms with E-state index in [9.17, 15) is 13.6 Å². The van der Waals surface area contributed by atoms with E-state index in [4.69, 9.17) is 23.2 Å². The molecule has 0 aromatic carbocycles. The molecule has 0 atom stereocenters. The van der Waals surface area contributed by atoms with Crippen molar-refractivity contribution >= 4 is 29.2 Å². The smallest absolute Gasteiger partial charge is 0.311 e. The van der Waals surface area contributed by atoms with Crippen molar-refractivity contribution in [2.24, 2.45) is 0 Å². The molecule has 3 nitrogen and oxygen atoms in total. The van der Waals surface area contributed by atoms with Crippen LogP contribution in [0.2, 0.25) is 5.15 Å². The molecule has 0 fully saturated rings. The maximum absolute atomic E-state index is 12.7. The number of carbonyl (C=O) groups excluding carboxylic acids is 1. The highest BCUT2D eigenvalue weighted by molar-refractivity contribution is 6.30. The first-order valence-corrected chi connectivity index (χ1v) is 5.50. The van der Waals surface area contributed by atoms with Gasteiger partial charge in [0.2, 0.25) is 0 Å².